The van der Waals surface area contributed by atoms with E-state index in [4.69, 9.17) is 10.2 Å². The van der Waals surface area contributed by atoms with E-state index in [1.54, 1.807) is 32.3 Å². The molecule has 2 aromatic rings. The molecule has 0 bridgehead atoms. The topological polar surface area (TPSA) is 178 Å². The predicted molar refractivity (Wildman–Crippen MR) is 148 cm³/mol. The molecule has 5 rings (SSSR count). The van der Waals surface area contributed by atoms with Gasteiger partial charge in [0.15, 0.2) is 11.4 Å². The van der Waals surface area contributed by atoms with Gasteiger partial charge in [0.05, 0.1) is 18.2 Å². The number of furan rings is 1. The lowest BCUT2D eigenvalue weighted by atomic mass is 9.57. The van der Waals surface area contributed by atoms with Crippen molar-refractivity contribution in [2.24, 2.45) is 17.6 Å². The zero-order chi connectivity index (χ0) is 30.0. The fourth-order valence-corrected chi connectivity index (χ4v) is 6.63. The van der Waals surface area contributed by atoms with Crippen LogP contribution in [0.15, 0.2) is 58.2 Å². The third-order valence-electron chi connectivity index (χ3n) is 8.40. The molecule has 0 aliphatic heterocycles. The number of benzene rings is 1. The molecule has 11 heteroatoms. The predicted octanol–water partition coefficient (Wildman–Crippen LogP) is 1.84. The number of hydrogen-bond acceptors (Lipinski definition) is 10. The Balaban J connectivity index is 1.64. The van der Waals surface area contributed by atoms with Gasteiger partial charge in [-0.2, -0.15) is 0 Å². The van der Waals surface area contributed by atoms with Gasteiger partial charge in [-0.25, -0.2) is 0 Å². The number of Topliss-reactive ketones (excluding diaryl/α,β-unsaturated/α-hetero) is 2. The Kier molecular flexibility index (Phi) is 6.93. The Morgan fingerprint density at radius 2 is 1.88 bits per heavy atom. The molecule has 0 saturated heterocycles. The summed E-state index contributed by atoms with van der Waals surface area (Å²) in [7, 11) is 5.05. The SMILES string of the molecule is C=CCN(C)Cc1ccc(-c2ccc(O)c3c2C[C@H]2C[C@H]4[C@H](N(C)C)C(=O)C(C(N)=O)=C(O)[C@@]4(O)C(=O)C2=C3O)o1. The van der Waals surface area contributed by atoms with Gasteiger partial charge in [-0.05, 0) is 69.7 Å². The molecule has 0 radical (unpaired) electrons. The van der Waals surface area contributed by atoms with E-state index < -0.39 is 58.0 Å². The number of nitrogens with two attached hydrogens (primary N) is 1. The number of phenols is 1. The van der Waals surface area contributed by atoms with Crippen LogP contribution in [0.25, 0.3) is 17.1 Å². The minimum absolute atomic E-state index is 0.0105. The van der Waals surface area contributed by atoms with Crippen LogP contribution in [-0.2, 0) is 27.3 Å². The van der Waals surface area contributed by atoms with Crippen LogP contribution in [0.5, 0.6) is 5.75 Å². The van der Waals surface area contributed by atoms with Crippen molar-refractivity contribution in [1.29, 1.82) is 0 Å². The molecule has 4 atom stereocenters. The quantitative estimate of drug-likeness (QED) is 0.247. The highest BCUT2D eigenvalue weighted by Crippen LogP contribution is 2.53. The summed E-state index contributed by atoms with van der Waals surface area (Å²) in [5, 5.41) is 44.9. The number of rotatable bonds is 7. The third-order valence-corrected chi connectivity index (χ3v) is 8.40. The summed E-state index contributed by atoms with van der Waals surface area (Å²) in [4.78, 5) is 42.8. The van der Waals surface area contributed by atoms with Crippen molar-refractivity contribution in [3.8, 4) is 17.1 Å². The number of primary amides is 1. The van der Waals surface area contributed by atoms with Gasteiger partial charge in [0.25, 0.3) is 5.91 Å². The highest BCUT2D eigenvalue weighted by Gasteiger charge is 2.64. The molecule has 1 fully saturated rings. The summed E-state index contributed by atoms with van der Waals surface area (Å²) < 4.78 is 6.10. The lowest BCUT2D eigenvalue weighted by Crippen LogP contribution is -2.65. The van der Waals surface area contributed by atoms with Gasteiger partial charge < -0.3 is 30.6 Å². The first kappa shape index (κ1) is 28.3. The van der Waals surface area contributed by atoms with E-state index >= 15 is 0 Å². The molecule has 6 N–H and O–H groups in total. The lowest BCUT2D eigenvalue weighted by Gasteiger charge is -2.50. The van der Waals surface area contributed by atoms with Crippen molar-refractivity contribution in [2.75, 3.05) is 27.7 Å². The molecular formula is C30H33N3O8. The van der Waals surface area contributed by atoms with Crippen LogP contribution in [0.4, 0.5) is 0 Å². The summed E-state index contributed by atoms with van der Waals surface area (Å²) in [6.07, 6.45) is 1.96. The number of phenolic OH excluding ortho intramolecular Hbond substituents is 1. The van der Waals surface area contributed by atoms with Crippen LogP contribution in [0.3, 0.4) is 0 Å². The zero-order valence-corrected chi connectivity index (χ0v) is 23.0. The Hall–Kier alpha value is -4.19. The number of nitrogens with zero attached hydrogens (tertiary/aromatic N) is 2. The van der Waals surface area contributed by atoms with Crippen LogP contribution in [0.2, 0.25) is 0 Å². The number of aliphatic hydroxyl groups is 3. The molecule has 11 nitrogen and oxygen atoms in total. The van der Waals surface area contributed by atoms with Crippen LogP contribution in [-0.4, -0.2) is 87.0 Å². The Morgan fingerprint density at radius 1 is 1.17 bits per heavy atom. The number of ketones is 2. The zero-order valence-electron chi connectivity index (χ0n) is 23.0. The van der Waals surface area contributed by atoms with Crippen molar-refractivity contribution < 1.29 is 39.2 Å². The molecule has 1 saturated carbocycles. The van der Waals surface area contributed by atoms with E-state index in [2.05, 4.69) is 6.58 Å². The number of hydrogen-bond donors (Lipinski definition) is 5. The number of carbonyl (C=O) groups is 3. The van der Waals surface area contributed by atoms with E-state index in [1.807, 2.05) is 18.0 Å². The molecule has 3 aliphatic rings. The molecule has 41 heavy (non-hydrogen) atoms. The minimum Gasteiger partial charge on any atom is -0.508 e. The first-order valence-electron chi connectivity index (χ1n) is 13.2. The molecule has 0 unspecified atom stereocenters. The molecule has 216 valence electrons. The number of aliphatic hydroxyl groups excluding tert-OH is 2. The van der Waals surface area contributed by atoms with Gasteiger partial charge in [-0.15, -0.1) is 6.58 Å². The second-order valence-corrected chi connectivity index (χ2v) is 11.2. The Bertz CT molecular complexity index is 1550. The maximum atomic E-state index is 14.0. The fraction of sp³-hybridized carbons (Fsp3) is 0.367. The van der Waals surface area contributed by atoms with Crippen LogP contribution in [0, 0.1) is 11.8 Å². The van der Waals surface area contributed by atoms with Crippen molar-refractivity contribution in [3.05, 3.63) is 70.7 Å². The Morgan fingerprint density at radius 3 is 2.51 bits per heavy atom. The summed E-state index contributed by atoms with van der Waals surface area (Å²) in [5.41, 5.74) is 2.81. The molecular weight excluding hydrogens is 530 g/mol. The summed E-state index contributed by atoms with van der Waals surface area (Å²) in [6.45, 7) is 4.93. The van der Waals surface area contributed by atoms with Crippen molar-refractivity contribution in [1.82, 2.24) is 9.80 Å². The van der Waals surface area contributed by atoms with Crippen molar-refractivity contribution >= 4 is 23.2 Å². The molecule has 0 spiro atoms. The van der Waals surface area contributed by atoms with E-state index in [1.165, 1.54) is 11.0 Å². The van der Waals surface area contributed by atoms with Gasteiger partial charge in [0.2, 0.25) is 5.78 Å². The van der Waals surface area contributed by atoms with Gasteiger partial charge >= 0.3 is 0 Å². The average Bonchev–Trinajstić information content (AvgIpc) is 3.34. The number of fused-ring (bicyclic) bond motifs is 3. The molecule has 1 amide bonds. The normalized spacial score (nSPS) is 25.9. The first-order valence-corrected chi connectivity index (χ1v) is 13.2. The lowest BCUT2D eigenvalue weighted by molar-refractivity contribution is -0.153. The smallest absolute Gasteiger partial charge is 0.255 e. The highest BCUT2D eigenvalue weighted by atomic mass is 16.4. The number of likely N-dealkylation sites (N-methyl/N-ethyl adjacent to an activating group) is 2. The maximum absolute atomic E-state index is 14.0. The first-order chi connectivity index (χ1) is 19.3. The van der Waals surface area contributed by atoms with E-state index in [0.29, 0.717) is 35.7 Å². The van der Waals surface area contributed by atoms with Crippen LogP contribution >= 0.6 is 0 Å². The highest BCUT2D eigenvalue weighted by molar-refractivity contribution is 6.24. The Labute approximate surface area is 236 Å². The number of carbonyl (C=O) groups excluding carboxylic acids is 3. The second-order valence-electron chi connectivity index (χ2n) is 11.2. The largest absolute Gasteiger partial charge is 0.508 e. The summed E-state index contributed by atoms with van der Waals surface area (Å²) >= 11 is 0. The second kappa shape index (κ2) is 10.0. The van der Waals surface area contributed by atoms with Gasteiger partial charge in [-0.1, -0.05) is 6.08 Å². The van der Waals surface area contributed by atoms with Crippen molar-refractivity contribution in [2.45, 2.75) is 31.0 Å². The van der Waals surface area contributed by atoms with Gasteiger partial charge in [-0.3, -0.25) is 24.2 Å². The van der Waals surface area contributed by atoms with Crippen molar-refractivity contribution in [3.63, 3.8) is 0 Å². The summed E-state index contributed by atoms with van der Waals surface area (Å²) in [6, 6.07) is 5.54. The van der Waals surface area contributed by atoms with Crippen LogP contribution < -0.4 is 5.73 Å². The van der Waals surface area contributed by atoms with Crippen LogP contribution in [0.1, 0.15) is 23.3 Å². The monoisotopic (exact) mass is 563 g/mol. The van der Waals surface area contributed by atoms with E-state index in [9.17, 15) is 34.8 Å². The molecule has 1 aromatic heterocycles. The van der Waals surface area contributed by atoms with E-state index in [-0.39, 0.29) is 29.7 Å². The fourth-order valence-electron chi connectivity index (χ4n) is 6.63. The number of aromatic hydroxyl groups is 1. The number of amides is 1. The molecule has 3 aliphatic carbocycles. The molecule has 1 aromatic carbocycles. The minimum atomic E-state index is -2.68. The summed E-state index contributed by atoms with van der Waals surface area (Å²) in [5.74, 6) is -5.67. The average molecular weight is 564 g/mol. The van der Waals surface area contributed by atoms with Gasteiger partial charge in [0, 0.05) is 23.6 Å². The van der Waals surface area contributed by atoms with Gasteiger partial charge in [0.1, 0.15) is 34.4 Å². The third kappa shape index (κ3) is 4.19. The molecule has 1 heterocycles. The van der Waals surface area contributed by atoms with E-state index in [0.717, 1.165) is 0 Å². The standard InChI is InChI=1S/C30H33N3O8/c1-5-10-33(4)13-15-6-9-20(41-15)16-7-8-19(34)22-17(16)11-14-12-18-24(32(2)3)26(36)23(29(31)39)28(38)30(18,40)27(37)21(14)25(22)35/h5-9,14,18,24,34-35,38,40H,1,10-13H2,2-4H3,(H2,31,39)/t14-,18-,24-,30-/m0/s1. The maximum Gasteiger partial charge on any atom is 0.255 e.